The second-order valence-electron chi connectivity index (χ2n) is 7.18. The van der Waals surface area contributed by atoms with Gasteiger partial charge in [0.15, 0.2) is 0 Å². The number of ether oxygens (including phenoxy) is 1. The van der Waals surface area contributed by atoms with Gasteiger partial charge in [0, 0.05) is 25.8 Å². The molecule has 1 fully saturated rings. The third-order valence-corrected chi connectivity index (χ3v) is 5.18. The first-order valence-corrected chi connectivity index (χ1v) is 9.13. The average Bonchev–Trinajstić information content (AvgIpc) is 3.35. The highest BCUT2D eigenvalue weighted by molar-refractivity contribution is 5.89. The fraction of sp³-hybridized carbons (Fsp3) is 0.318. The Labute approximate surface area is 164 Å². The summed E-state index contributed by atoms with van der Waals surface area (Å²) in [6, 6.07) is 3.02. The number of aryl methyl sites for hydroxylation is 1. The third kappa shape index (κ3) is 3.82. The second kappa shape index (κ2) is 7.94. The van der Waals surface area contributed by atoms with Crippen LogP contribution in [0.2, 0.25) is 0 Å². The molecule has 2 aromatic heterocycles. The summed E-state index contributed by atoms with van der Waals surface area (Å²) >= 11 is 0. The quantitative estimate of drug-likeness (QED) is 0.698. The Bertz CT molecular complexity index is 965. The Morgan fingerprint density at radius 1 is 1.39 bits per heavy atom. The molecule has 1 saturated carbocycles. The van der Waals surface area contributed by atoms with Gasteiger partial charge in [0.2, 0.25) is 0 Å². The maximum atomic E-state index is 11.3. The topological polar surface area (TPSA) is 77.2 Å². The van der Waals surface area contributed by atoms with Crippen molar-refractivity contribution < 1.29 is 14.6 Å². The lowest BCUT2D eigenvalue weighted by molar-refractivity contribution is 0.0697. The van der Waals surface area contributed by atoms with Crippen LogP contribution in [0.25, 0.3) is 17.0 Å². The lowest BCUT2D eigenvalue weighted by Gasteiger charge is -2.15. The van der Waals surface area contributed by atoms with E-state index in [1.165, 1.54) is 17.8 Å². The number of hydrogen-bond donors (Lipinski definition) is 1. The van der Waals surface area contributed by atoms with Gasteiger partial charge >= 0.3 is 5.97 Å². The number of aromatic nitrogens is 3. The van der Waals surface area contributed by atoms with E-state index in [0.717, 1.165) is 24.1 Å². The molecular weight excluding hydrogens is 354 g/mol. The molecule has 0 bridgehead atoms. The summed E-state index contributed by atoms with van der Waals surface area (Å²) in [4.78, 5) is 20.1. The first kappa shape index (κ1) is 19.8. The number of aromatic carboxylic acids is 1. The maximum Gasteiger partial charge on any atom is 0.335 e. The maximum absolute atomic E-state index is 11.3. The van der Waals surface area contributed by atoms with E-state index in [1.807, 2.05) is 30.7 Å². The van der Waals surface area contributed by atoms with E-state index in [1.54, 1.807) is 19.5 Å². The molecule has 3 rings (SSSR count). The zero-order valence-electron chi connectivity index (χ0n) is 16.5. The summed E-state index contributed by atoms with van der Waals surface area (Å²) in [7, 11) is 3.64. The number of imidazole rings is 1. The predicted octanol–water partition coefficient (Wildman–Crippen LogP) is 4.12. The SMILES string of the molecule is C=C/C(=C\C=C(/C)c1c(-c2cc(C(=O)O)ccn2)ncn1C)C1(COC)CC1. The van der Waals surface area contributed by atoms with Gasteiger partial charge in [-0.1, -0.05) is 24.8 Å². The van der Waals surface area contributed by atoms with Crippen LogP contribution in [-0.2, 0) is 11.8 Å². The molecule has 0 atom stereocenters. The van der Waals surface area contributed by atoms with Gasteiger partial charge in [0.25, 0.3) is 0 Å². The third-order valence-electron chi connectivity index (χ3n) is 5.18. The number of carboxylic acid groups (broad SMARTS) is 1. The molecule has 0 saturated heterocycles. The summed E-state index contributed by atoms with van der Waals surface area (Å²) in [5, 5.41) is 9.25. The number of hydrogen-bond acceptors (Lipinski definition) is 4. The Hall–Kier alpha value is -2.99. The predicted molar refractivity (Wildman–Crippen MR) is 109 cm³/mol. The molecule has 0 aliphatic heterocycles. The van der Waals surface area contributed by atoms with Gasteiger partial charge in [-0.15, -0.1) is 0 Å². The van der Waals surface area contributed by atoms with E-state index >= 15 is 0 Å². The number of carboxylic acids is 1. The van der Waals surface area contributed by atoms with Gasteiger partial charge in [0.1, 0.15) is 5.69 Å². The lowest BCUT2D eigenvalue weighted by atomic mass is 9.95. The van der Waals surface area contributed by atoms with E-state index in [0.29, 0.717) is 18.0 Å². The monoisotopic (exact) mass is 379 g/mol. The van der Waals surface area contributed by atoms with E-state index in [4.69, 9.17) is 4.74 Å². The van der Waals surface area contributed by atoms with Crippen LogP contribution in [0.5, 0.6) is 0 Å². The van der Waals surface area contributed by atoms with Crippen molar-refractivity contribution in [3.05, 3.63) is 66.3 Å². The number of methoxy groups -OCH3 is 1. The minimum absolute atomic E-state index is 0.0833. The van der Waals surface area contributed by atoms with Gasteiger partial charge in [0.05, 0.1) is 29.9 Å². The molecule has 0 aromatic carbocycles. The molecule has 0 spiro atoms. The minimum Gasteiger partial charge on any atom is -0.478 e. The van der Waals surface area contributed by atoms with Crippen molar-refractivity contribution in [2.75, 3.05) is 13.7 Å². The van der Waals surface area contributed by atoms with Gasteiger partial charge in [-0.25, -0.2) is 9.78 Å². The van der Waals surface area contributed by atoms with Crippen LogP contribution < -0.4 is 0 Å². The van der Waals surface area contributed by atoms with Crippen molar-refractivity contribution in [1.29, 1.82) is 0 Å². The van der Waals surface area contributed by atoms with Crippen LogP contribution in [-0.4, -0.2) is 39.3 Å². The number of pyridine rings is 1. The molecule has 2 aromatic rings. The van der Waals surface area contributed by atoms with Crippen molar-refractivity contribution >= 4 is 11.5 Å². The van der Waals surface area contributed by atoms with Crippen LogP contribution in [0.1, 0.15) is 35.8 Å². The molecule has 1 N–H and O–H groups in total. The molecule has 1 aliphatic rings. The minimum atomic E-state index is -0.986. The molecule has 28 heavy (non-hydrogen) atoms. The molecule has 6 nitrogen and oxygen atoms in total. The van der Waals surface area contributed by atoms with Gasteiger partial charge in [-0.3, -0.25) is 4.98 Å². The molecule has 0 radical (unpaired) electrons. The van der Waals surface area contributed by atoms with E-state index in [2.05, 4.69) is 22.6 Å². The highest BCUT2D eigenvalue weighted by Gasteiger charge is 2.44. The molecule has 1 aliphatic carbocycles. The molecule has 146 valence electrons. The highest BCUT2D eigenvalue weighted by Crippen LogP contribution is 2.52. The Balaban J connectivity index is 1.98. The van der Waals surface area contributed by atoms with Crippen LogP contribution in [0, 0.1) is 5.41 Å². The van der Waals surface area contributed by atoms with Gasteiger partial charge in [-0.05, 0) is 43.0 Å². The Morgan fingerprint density at radius 2 is 2.14 bits per heavy atom. The molecule has 0 amide bonds. The van der Waals surface area contributed by atoms with Crippen molar-refractivity contribution in [2.45, 2.75) is 19.8 Å². The van der Waals surface area contributed by atoms with Crippen LogP contribution in [0.3, 0.4) is 0 Å². The summed E-state index contributed by atoms with van der Waals surface area (Å²) in [5.74, 6) is -0.986. The zero-order chi connectivity index (χ0) is 20.3. The van der Waals surface area contributed by atoms with Gasteiger partial charge < -0.3 is 14.4 Å². The number of carbonyl (C=O) groups is 1. The summed E-state index contributed by atoms with van der Waals surface area (Å²) < 4.78 is 7.29. The first-order valence-electron chi connectivity index (χ1n) is 9.13. The smallest absolute Gasteiger partial charge is 0.335 e. The van der Waals surface area contributed by atoms with Crippen LogP contribution in [0.4, 0.5) is 0 Å². The van der Waals surface area contributed by atoms with Crippen molar-refractivity contribution in [3.8, 4) is 11.4 Å². The van der Waals surface area contributed by atoms with Crippen molar-refractivity contribution in [3.63, 3.8) is 0 Å². The van der Waals surface area contributed by atoms with Crippen LogP contribution in [0.15, 0.2) is 55.0 Å². The normalized spacial score (nSPS) is 16.1. The lowest BCUT2D eigenvalue weighted by Crippen LogP contribution is -2.10. The fourth-order valence-corrected chi connectivity index (χ4v) is 3.47. The fourth-order valence-electron chi connectivity index (χ4n) is 3.47. The number of allylic oxidation sites excluding steroid dienone is 4. The molecule has 0 unspecified atom stereocenters. The Morgan fingerprint density at radius 3 is 2.75 bits per heavy atom. The van der Waals surface area contributed by atoms with E-state index in [9.17, 15) is 9.90 Å². The first-order chi connectivity index (χ1) is 13.4. The summed E-state index contributed by atoms with van der Waals surface area (Å²) in [6.07, 6.45) is 11.5. The summed E-state index contributed by atoms with van der Waals surface area (Å²) in [6.45, 7) is 6.67. The number of nitrogens with zero attached hydrogens (tertiary/aromatic N) is 3. The average molecular weight is 379 g/mol. The molecular formula is C22H25N3O3. The largest absolute Gasteiger partial charge is 0.478 e. The van der Waals surface area contributed by atoms with Crippen molar-refractivity contribution in [2.24, 2.45) is 12.5 Å². The molecule has 2 heterocycles. The summed E-state index contributed by atoms with van der Waals surface area (Å²) in [5.41, 5.74) is 4.53. The Kier molecular flexibility index (Phi) is 5.61. The van der Waals surface area contributed by atoms with Crippen molar-refractivity contribution in [1.82, 2.24) is 14.5 Å². The van der Waals surface area contributed by atoms with E-state index in [-0.39, 0.29) is 11.0 Å². The van der Waals surface area contributed by atoms with Crippen LogP contribution >= 0.6 is 0 Å². The standard InChI is InChI=1S/C22H25N3O3/c1-5-17(22(9-10-22)13-28-4)7-6-15(2)20-19(24-14-25(20)3)18-12-16(21(26)27)8-11-23-18/h5-8,11-12,14H,1,9-10,13H2,2-4H3,(H,26,27)/b15-6+,17-7+. The second-order valence-corrected chi connectivity index (χ2v) is 7.18. The zero-order valence-corrected chi connectivity index (χ0v) is 16.5. The van der Waals surface area contributed by atoms with E-state index < -0.39 is 5.97 Å². The number of rotatable bonds is 8. The van der Waals surface area contributed by atoms with Gasteiger partial charge in [-0.2, -0.15) is 0 Å². The molecule has 6 heteroatoms. The highest BCUT2D eigenvalue weighted by atomic mass is 16.5.